The number of rotatable bonds is 7. The van der Waals surface area contributed by atoms with Crippen LogP contribution in [0.1, 0.15) is 75.4 Å². The van der Waals surface area contributed by atoms with Crippen LogP contribution in [0, 0.1) is 5.92 Å². The highest BCUT2D eigenvalue weighted by Gasteiger charge is 2.24. The van der Waals surface area contributed by atoms with Gasteiger partial charge in [-0.05, 0) is 38.6 Å². The standard InChI is InChI=1S/C15H26N4O2/c1-10(2)6-4-7-11(3)17-14(20)13-18-15(21-19-13)12-8-5-9-16-12/h10-12,16H,4-9H2,1-3H3,(H,17,20). The summed E-state index contributed by atoms with van der Waals surface area (Å²) < 4.78 is 5.18. The molecule has 1 amide bonds. The van der Waals surface area contributed by atoms with Crippen LogP contribution in [0.15, 0.2) is 4.52 Å². The summed E-state index contributed by atoms with van der Waals surface area (Å²) in [6, 6.07) is 0.227. The minimum atomic E-state index is -0.250. The number of nitrogens with zero attached hydrogens (tertiary/aromatic N) is 2. The van der Waals surface area contributed by atoms with Gasteiger partial charge in [0.1, 0.15) is 0 Å². The highest BCUT2D eigenvalue weighted by atomic mass is 16.5. The Hall–Kier alpha value is -1.43. The molecular weight excluding hydrogens is 268 g/mol. The Kier molecular flexibility index (Phi) is 5.73. The Morgan fingerprint density at radius 3 is 2.90 bits per heavy atom. The van der Waals surface area contributed by atoms with Crippen molar-refractivity contribution in [1.29, 1.82) is 0 Å². The molecule has 0 spiro atoms. The Morgan fingerprint density at radius 2 is 2.24 bits per heavy atom. The molecule has 0 bridgehead atoms. The lowest BCUT2D eigenvalue weighted by Gasteiger charge is -2.13. The van der Waals surface area contributed by atoms with Crippen LogP contribution in [0.25, 0.3) is 0 Å². The molecule has 0 saturated carbocycles. The summed E-state index contributed by atoms with van der Waals surface area (Å²) in [7, 11) is 0. The van der Waals surface area contributed by atoms with Crippen LogP contribution < -0.4 is 10.6 Å². The summed E-state index contributed by atoms with van der Waals surface area (Å²) in [6.45, 7) is 7.39. The van der Waals surface area contributed by atoms with E-state index in [-0.39, 0.29) is 23.8 Å². The Balaban J connectivity index is 1.79. The molecule has 0 radical (unpaired) electrons. The second kappa shape index (κ2) is 7.54. The molecule has 0 aromatic carbocycles. The molecular formula is C15H26N4O2. The third-order valence-corrected chi connectivity index (χ3v) is 3.80. The first kappa shape index (κ1) is 15.9. The van der Waals surface area contributed by atoms with Crippen LogP contribution in [-0.4, -0.2) is 28.6 Å². The van der Waals surface area contributed by atoms with E-state index < -0.39 is 0 Å². The molecule has 21 heavy (non-hydrogen) atoms. The number of carbonyl (C=O) groups is 1. The molecule has 2 unspecified atom stereocenters. The molecule has 0 aliphatic carbocycles. The van der Waals surface area contributed by atoms with Crippen molar-refractivity contribution in [1.82, 2.24) is 20.8 Å². The first-order valence-corrected chi connectivity index (χ1v) is 7.94. The van der Waals surface area contributed by atoms with E-state index in [2.05, 4.69) is 34.6 Å². The molecule has 2 atom stereocenters. The third kappa shape index (κ3) is 4.81. The number of hydrogen-bond donors (Lipinski definition) is 2. The van der Waals surface area contributed by atoms with E-state index in [9.17, 15) is 4.79 Å². The molecule has 1 saturated heterocycles. The molecule has 2 heterocycles. The average molecular weight is 294 g/mol. The molecule has 1 aliphatic heterocycles. The fourth-order valence-corrected chi connectivity index (χ4v) is 2.56. The van der Waals surface area contributed by atoms with Crippen LogP contribution in [0.3, 0.4) is 0 Å². The third-order valence-electron chi connectivity index (χ3n) is 3.80. The molecule has 6 nitrogen and oxygen atoms in total. The Labute approximate surface area is 126 Å². The largest absolute Gasteiger partial charge is 0.347 e. The van der Waals surface area contributed by atoms with Gasteiger partial charge in [0, 0.05) is 6.04 Å². The SMILES string of the molecule is CC(C)CCCC(C)NC(=O)c1noc(C2CCCN2)n1. The number of hydrogen-bond acceptors (Lipinski definition) is 5. The molecule has 2 rings (SSSR count). The minimum Gasteiger partial charge on any atom is -0.347 e. The van der Waals surface area contributed by atoms with Gasteiger partial charge >= 0.3 is 0 Å². The summed E-state index contributed by atoms with van der Waals surface area (Å²) in [4.78, 5) is 16.3. The lowest BCUT2D eigenvalue weighted by molar-refractivity contribution is 0.0924. The predicted molar refractivity (Wildman–Crippen MR) is 79.9 cm³/mol. The molecule has 1 fully saturated rings. The zero-order valence-electron chi connectivity index (χ0n) is 13.2. The van der Waals surface area contributed by atoms with Crippen molar-refractivity contribution in [2.24, 2.45) is 5.92 Å². The van der Waals surface area contributed by atoms with Gasteiger partial charge in [-0.15, -0.1) is 0 Å². The van der Waals surface area contributed by atoms with Crippen molar-refractivity contribution < 1.29 is 9.32 Å². The Morgan fingerprint density at radius 1 is 1.43 bits per heavy atom. The first-order chi connectivity index (χ1) is 10.1. The van der Waals surface area contributed by atoms with Crippen LogP contribution in [0.2, 0.25) is 0 Å². The van der Waals surface area contributed by atoms with Gasteiger partial charge in [-0.3, -0.25) is 4.79 Å². The summed E-state index contributed by atoms with van der Waals surface area (Å²) >= 11 is 0. The normalized spacial score (nSPS) is 19.9. The van der Waals surface area contributed by atoms with Crippen LogP contribution >= 0.6 is 0 Å². The van der Waals surface area contributed by atoms with Crippen LogP contribution in [0.4, 0.5) is 0 Å². The van der Waals surface area contributed by atoms with Gasteiger partial charge in [-0.1, -0.05) is 31.8 Å². The molecule has 2 N–H and O–H groups in total. The lowest BCUT2D eigenvalue weighted by Crippen LogP contribution is -2.33. The van der Waals surface area contributed by atoms with E-state index in [1.54, 1.807) is 0 Å². The zero-order valence-corrected chi connectivity index (χ0v) is 13.2. The fraction of sp³-hybridized carbons (Fsp3) is 0.800. The molecule has 118 valence electrons. The highest BCUT2D eigenvalue weighted by molar-refractivity contribution is 5.90. The number of aromatic nitrogens is 2. The summed E-state index contributed by atoms with van der Waals surface area (Å²) in [5.41, 5.74) is 0. The number of amides is 1. The maximum Gasteiger partial charge on any atom is 0.292 e. The summed E-state index contributed by atoms with van der Waals surface area (Å²) in [5, 5.41) is 9.99. The maximum atomic E-state index is 12.1. The second-order valence-corrected chi connectivity index (χ2v) is 6.30. The van der Waals surface area contributed by atoms with E-state index in [0.717, 1.165) is 32.2 Å². The lowest BCUT2D eigenvalue weighted by atomic mass is 10.0. The van der Waals surface area contributed by atoms with Crippen LogP contribution in [0.5, 0.6) is 0 Å². The zero-order chi connectivity index (χ0) is 15.2. The van der Waals surface area contributed by atoms with Gasteiger partial charge < -0.3 is 15.2 Å². The van der Waals surface area contributed by atoms with Gasteiger partial charge in [0.25, 0.3) is 11.7 Å². The summed E-state index contributed by atoms with van der Waals surface area (Å²) in [6.07, 6.45) is 5.34. The van der Waals surface area contributed by atoms with E-state index in [0.29, 0.717) is 11.8 Å². The van der Waals surface area contributed by atoms with Gasteiger partial charge in [0.2, 0.25) is 5.89 Å². The smallest absolute Gasteiger partial charge is 0.292 e. The van der Waals surface area contributed by atoms with Crippen molar-refractivity contribution in [2.75, 3.05) is 6.54 Å². The minimum absolute atomic E-state index is 0.0996. The monoisotopic (exact) mass is 294 g/mol. The highest BCUT2D eigenvalue weighted by Crippen LogP contribution is 2.21. The van der Waals surface area contributed by atoms with Crippen molar-refractivity contribution in [2.45, 2.75) is 65.0 Å². The molecule has 1 aliphatic rings. The fourth-order valence-electron chi connectivity index (χ4n) is 2.56. The molecule has 1 aromatic rings. The van der Waals surface area contributed by atoms with Gasteiger partial charge in [-0.2, -0.15) is 4.98 Å². The maximum absolute atomic E-state index is 12.1. The van der Waals surface area contributed by atoms with Crippen molar-refractivity contribution in [3.63, 3.8) is 0 Å². The van der Waals surface area contributed by atoms with E-state index >= 15 is 0 Å². The predicted octanol–water partition coefficient (Wildman–Crippen LogP) is 2.44. The van der Waals surface area contributed by atoms with Crippen molar-refractivity contribution in [3.05, 3.63) is 11.7 Å². The second-order valence-electron chi connectivity index (χ2n) is 6.30. The van der Waals surface area contributed by atoms with Gasteiger partial charge in [-0.25, -0.2) is 0 Å². The number of nitrogens with one attached hydrogen (secondary N) is 2. The molecule has 1 aromatic heterocycles. The van der Waals surface area contributed by atoms with E-state index in [4.69, 9.17) is 4.52 Å². The molecule has 6 heteroatoms. The average Bonchev–Trinajstić information content (AvgIpc) is 3.09. The summed E-state index contributed by atoms with van der Waals surface area (Å²) in [5.74, 6) is 1.10. The van der Waals surface area contributed by atoms with Gasteiger partial charge in [0.15, 0.2) is 0 Å². The Bertz CT molecular complexity index is 452. The van der Waals surface area contributed by atoms with E-state index in [1.807, 2.05) is 6.92 Å². The van der Waals surface area contributed by atoms with Crippen molar-refractivity contribution in [3.8, 4) is 0 Å². The van der Waals surface area contributed by atoms with E-state index in [1.165, 1.54) is 6.42 Å². The topological polar surface area (TPSA) is 80.0 Å². The first-order valence-electron chi connectivity index (χ1n) is 7.94. The van der Waals surface area contributed by atoms with Crippen molar-refractivity contribution >= 4 is 5.91 Å². The quantitative estimate of drug-likeness (QED) is 0.807. The number of carbonyl (C=O) groups excluding carboxylic acids is 1. The van der Waals surface area contributed by atoms with Gasteiger partial charge in [0.05, 0.1) is 6.04 Å². The van der Waals surface area contributed by atoms with Crippen LogP contribution in [-0.2, 0) is 0 Å².